The minimum absolute atomic E-state index is 0.117. The predicted octanol–water partition coefficient (Wildman–Crippen LogP) is 2.70. The maximum atomic E-state index is 11.2. The summed E-state index contributed by atoms with van der Waals surface area (Å²) in [7, 11) is 1.48. The van der Waals surface area contributed by atoms with Crippen molar-refractivity contribution in [2.75, 3.05) is 17.7 Å². The Bertz CT molecular complexity index is 718. The molecular weight excluding hydrogens is 288 g/mol. The summed E-state index contributed by atoms with van der Waals surface area (Å²) >= 11 is 0. The van der Waals surface area contributed by atoms with E-state index in [0.717, 1.165) is 0 Å². The average molecular weight is 302 g/mol. The SMILES string of the molecule is COc1ccc(Nc2ncccc2[N+](=O)[O-])cc1NC(C)=O. The summed E-state index contributed by atoms with van der Waals surface area (Å²) in [5, 5.41) is 16.5. The number of aromatic nitrogens is 1. The lowest BCUT2D eigenvalue weighted by Crippen LogP contribution is -2.07. The molecule has 8 nitrogen and oxygen atoms in total. The number of hydrogen-bond acceptors (Lipinski definition) is 6. The molecule has 0 aliphatic heterocycles. The Hall–Kier alpha value is -3.16. The van der Waals surface area contributed by atoms with Gasteiger partial charge in [-0.15, -0.1) is 0 Å². The molecule has 22 heavy (non-hydrogen) atoms. The Morgan fingerprint density at radius 1 is 1.36 bits per heavy atom. The van der Waals surface area contributed by atoms with E-state index in [0.29, 0.717) is 17.1 Å². The second kappa shape index (κ2) is 6.53. The summed E-state index contributed by atoms with van der Waals surface area (Å²) in [5.41, 5.74) is 0.851. The highest BCUT2D eigenvalue weighted by Crippen LogP contribution is 2.31. The van der Waals surface area contributed by atoms with Crippen molar-refractivity contribution in [3.05, 3.63) is 46.6 Å². The molecule has 8 heteroatoms. The van der Waals surface area contributed by atoms with Crippen LogP contribution in [-0.2, 0) is 4.79 Å². The molecule has 0 saturated carbocycles. The fourth-order valence-corrected chi connectivity index (χ4v) is 1.85. The zero-order chi connectivity index (χ0) is 16.1. The Morgan fingerprint density at radius 3 is 2.77 bits per heavy atom. The topological polar surface area (TPSA) is 106 Å². The molecule has 1 aromatic carbocycles. The highest BCUT2D eigenvalue weighted by atomic mass is 16.6. The van der Waals surface area contributed by atoms with E-state index in [1.165, 1.54) is 32.4 Å². The first kappa shape index (κ1) is 15.2. The highest BCUT2D eigenvalue weighted by Gasteiger charge is 2.15. The summed E-state index contributed by atoms with van der Waals surface area (Å²) in [4.78, 5) is 25.6. The van der Waals surface area contributed by atoms with Crippen molar-refractivity contribution in [2.24, 2.45) is 0 Å². The van der Waals surface area contributed by atoms with Crippen LogP contribution >= 0.6 is 0 Å². The van der Waals surface area contributed by atoms with Gasteiger partial charge in [0.15, 0.2) is 0 Å². The monoisotopic (exact) mass is 302 g/mol. The standard InChI is InChI=1S/C14H14N4O4/c1-9(19)16-11-8-10(5-6-13(11)22-2)17-14-12(18(20)21)4-3-7-15-14/h3-8H,1-2H3,(H,15,17)(H,16,19). The first-order chi connectivity index (χ1) is 10.5. The third kappa shape index (κ3) is 3.48. The number of carbonyl (C=O) groups is 1. The van der Waals surface area contributed by atoms with Crippen molar-refractivity contribution in [3.8, 4) is 5.75 Å². The maximum absolute atomic E-state index is 11.2. The van der Waals surface area contributed by atoms with E-state index in [4.69, 9.17) is 4.74 Å². The third-order valence-electron chi connectivity index (χ3n) is 2.76. The lowest BCUT2D eigenvalue weighted by Gasteiger charge is -2.12. The van der Waals surface area contributed by atoms with Gasteiger partial charge in [0.25, 0.3) is 0 Å². The molecule has 1 heterocycles. The Labute approximate surface area is 126 Å². The number of anilines is 3. The summed E-state index contributed by atoms with van der Waals surface area (Å²) in [6, 6.07) is 7.76. The molecular formula is C14H14N4O4. The second-order valence-electron chi connectivity index (χ2n) is 4.35. The van der Waals surface area contributed by atoms with E-state index < -0.39 is 4.92 Å². The molecule has 0 atom stereocenters. The fourth-order valence-electron chi connectivity index (χ4n) is 1.85. The first-order valence-electron chi connectivity index (χ1n) is 6.33. The third-order valence-corrected chi connectivity index (χ3v) is 2.76. The predicted molar refractivity (Wildman–Crippen MR) is 81.5 cm³/mol. The van der Waals surface area contributed by atoms with Gasteiger partial charge in [-0.3, -0.25) is 14.9 Å². The van der Waals surface area contributed by atoms with Gasteiger partial charge in [0, 0.05) is 24.9 Å². The van der Waals surface area contributed by atoms with Crippen molar-refractivity contribution in [1.29, 1.82) is 0 Å². The minimum atomic E-state index is -0.520. The van der Waals surface area contributed by atoms with E-state index in [-0.39, 0.29) is 17.4 Å². The Balaban J connectivity index is 2.34. The van der Waals surface area contributed by atoms with Gasteiger partial charge >= 0.3 is 5.69 Å². The van der Waals surface area contributed by atoms with Crippen LogP contribution in [0.3, 0.4) is 0 Å². The van der Waals surface area contributed by atoms with Crippen molar-refractivity contribution in [3.63, 3.8) is 0 Å². The summed E-state index contributed by atoms with van der Waals surface area (Å²) in [6.07, 6.45) is 1.45. The van der Waals surface area contributed by atoms with Crippen LogP contribution in [0.1, 0.15) is 6.92 Å². The average Bonchev–Trinajstić information content (AvgIpc) is 2.47. The maximum Gasteiger partial charge on any atom is 0.311 e. The number of methoxy groups -OCH3 is 1. The van der Waals surface area contributed by atoms with Crippen molar-refractivity contribution < 1.29 is 14.5 Å². The summed E-state index contributed by atoms with van der Waals surface area (Å²) in [5.74, 6) is 0.349. The zero-order valence-electron chi connectivity index (χ0n) is 12.0. The quantitative estimate of drug-likeness (QED) is 0.649. The van der Waals surface area contributed by atoms with E-state index in [1.807, 2.05) is 0 Å². The van der Waals surface area contributed by atoms with Gasteiger partial charge in [-0.25, -0.2) is 4.98 Å². The van der Waals surface area contributed by atoms with Crippen LogP contribution in [0.2, 0.25) is 0 Å². The van der Waals surface area contributed by atoms with Gasteiger partial charge in [0.1, 0.15) is 5.75 Å². The summed E-state index contributed by atoms with van der Waals surface area (Å²) < 4.78 is 5.15. The van der Waals surface area contributed by atoms with Gasteiger partial charge in [0.05, 0.1) is 17.7 Å². The number of hydrogen-bond donors (Lipinski definition) is 2. The minimum Gasteiger partial charge on any atom is -0.495 e. The number of benzene rings is 1. The van der Waals surface area contributed by atoms with Crippen molar-refractivity contribution in [1.82, 2.24) is 4.98 Å². The molecule has 0 saturated heterocycles. The normalized spacial score (nSPS) is 9.91. The van der Waals surface area contributed by atoms with Gasteiger partial charge < -0.3 is 15.4 Å². The molecule has 1 amide bonds. The van der Waals surface area contributed by atoms with E-state index in [2.05, 4.69) is 15.6 Å². The van der Waals surface area contributed by atoms with E-state index in [1.54, 1.807) is 18.2 Å². The molecule has 1 aromatic heterocycles. The van der Waals surface area contributed by atoms with Crippen LogP contribution in [-0.4, -0.2) is 22.9 Å². The molecule has 0 radical (unpaired) electrons. The molecule has 0 bridgehead atoms. The Kier molecular flexibility index (Phi) is 4.52. The number of nitro groups is 1. The van der Waals surface area contributed by atoms with Gasteiger partial charge in [-0.2, -0.15) is 0 Å². The molecule has 0 aliphatic rings. The Morgan fingerprint density at radius 2 is 2.14 bits per heavy atom. The number of rotatable bonds is 5. The van der Waals surface area contributed by atoms with Crippen LogP contribution in [0.15, 0.2) is 36.5 Å². The molecule has 2 aromatic rings. The van der Waals surface area contributed by atoms with Crippen LogP contribution in [0.5, 0.6) is 5.75 Å². The van der Waals surface area contributed by atoms with Crippen molar-refractivity contribution in [2.45, 2.75) is 6.92 Å². The van der Waals surface area contributed by atoms with Crippen LogP contribution in [0, 0.1) is 10.1 Å². The lowest BCUT2D eigenvalue weighted by molar-refractivity contribution is -0.384. The fraction of sp³-hybridized carbons (Fsp3) is 0.143. The largest absolute Gasteiger partial charge is 0.495 e. The lowest BCUT2D eigenvalue weighted by atomic mass is 10.2. The smallest absolute Gasteiger partial charge is 0.311 e. The number of pyridine rings is 1. The number of nitrogens with one attached hydrogen (secondary N) is 2. The molecule has 0 unspecified atom stereocenters. The molecule has 2 rings (SSSR count). The zero-order valence-corrected chi connectivity index (χ0v) is 12.0. The van der Waals surface area contributed by atoms with Crippen LogP contribution in [0.4, 0.5) is 22.9 Å². The van der Waals surface area contributed by atoms with Gasteiger partial charge in [-0.05, 0) is 24.3 Å². The molecule has 2 N–H and O–H groups in total. The molecule has 0 aliphatic carbocycles. The number of amides is 1. The summed E-state index contributed by atoms with van der Waals surface area (Å²) in [6.45, 7) is 1.38. The van der Waals surface area contributed by atoms with Gasteiger partial charge in [-0.1, -0.05) is 0 Å². The van der Waals surface area contributed by atoms with Crippen LogP contribution in [0.25, 0.3) is 0 Å². The van der Waals surface area contributed by atoms with Gasteiger partial charge in [0.2, 0.25) is 11.7 Å². The molecule has 114 valence electrons. The van der Waals surface area contributed by atoms with E-state index >= 15 is 0 Å². The first-order valence-corrected chi connectivity index (χ1v) is 6.33. The van der Waals surface area contributed by atoms with Crippen molar-refractivity contribution >= 4 is 28.8 Å². The highest BCUT2D eigenvalue weighted by molar-refractivity contribution is 5.91. The number of carbonyl (C=O) groups excluding carboxylic acids is 1. The van der Waals surface area contributed by atoms with E-state index in [9.17, 15) is 14.9 Å². The number of ether oxygens (including phenoxy) is 1. The number of nitrogens with zero attached hydrogens (tertiary/aromatic N) is 2. The van der Waals surface area contributed by atoms with Crippen LogP contribution < -0.4 is 15.4 Å². The molecule has 0 fully saturated rings. The second-order valence-corrected chi connectivity index (χ2v) is 4.35. The molecule has 0 spiro atoms.